The molecule has 2 fully saturated rings. The van der Waals surface area contributed by atoms with Crippen LogP contribution < -0.4 is 0 Å². The average Bonchev–Trinajstić information content (AvgIpc) is 2.80. The summed E-state index contributed by atoms with van der Waals surface area (Å²) in [5, 5.41) is 0. The molecule has 1 amide bonds. The SMILES string of the molecule is O=C(C1CCCCN1S(=O)(=O)c1ccccc1)N1CCC(Cc2ccccc2)CC1. The minimum Gasteiger partial charge on any atom is -0.341 e. The normalized spacial score (nSPS) is 21.5. The summed E-state index contributed by atoms with van der Waals surface area (Å²) in [5.74, 6) is 0.555. The van der Waals surface area contributed by atoms with Crippen LogP contribution in [0, 0.1) is 5.92 Å². The van der Waals surface area contributed by atoms with E-state index in [1.807, 2.05) is 11.0 Å². The second-order valence-electron chi connectivity index (χ2n) is 8.40. The summed E-state index contributed by atoms with van der Waals surface area (Å²) >= 11 is 0. The van der Waals surface area contributed by atoms with Gasteiger partial charge >= 0.3 is 0 Å². The smallest absolute Gasteiger partial charge is 0.243 e. The molecule has 6 heteroatoms. The van der Waals surface area contributed by atoms with Crippen LogP contribution in [0.25, 0.3) is 0 Å². The molecule has 1 unspecified atom stereocenters. The summed E-state index contributed by atoms with van der Waals surface area (Å²) in [7, 11) is -3.66. The second-order valence-corrected chi connectivity index (χ2v) is 10.3. The highest BCUT2D eigenvalue weighted by atomic mass is 32.2. The van der Waals surface area contributed by atoms with Crippen molar-refractivity contribution in [1.29, 1.82) is 0 Å². The van der Waals surface area contributed by atoms with Crippen molar-refractivity contribution in [2.75, 3.05) is 19.6 Å². The van der Waals surface area contributed by atoms with Crippen molar-refractivity contribution in [2.45, 2.75) is 49.5 Å². The molecule has 2 aromatic carbocycles. The van der Waals surface area contributed by atoms with E-state index in [1.54, 1.807) is 30.3 Å². The van der Waals surface area contributed by atoms with Gasteiger partial charge in [-0.25, -0.2) is 8.42 Å². The van der Waals surface area contributed by atoms with Crippen LogP contribution in [-0.2, 0) is 21.2 Å². The third-order valence-corrected chi connectivity index (χ3v) is 8.30. The lowest BCUT2D eigenvalue weighted by molar-refractivity contribution is -0.137. The van der Waals surface area contributed by atoms with Crippen molar-refractivity contribution < 1.29 is 13.2 Å². The van der Waals surface area contributed by atoms with Gasteiger partial charge in [0.2, 0.25) is 15.9 Å². The number of carbonyl (C=O) groups is 1. The van der Waals surface area contributed by atoms with Gasteiger partial charge < -0.3 is 4.90 Å². The molecule has 4 rings (SSSR count). The van der Waals surface area contributed by atoms with Gasteiger partial charge in [-0.1, -0.05) is 55.0 Å². The first kappa shape index (κ1) is 21.1. The summed E-state index contributed by atoms with van der Waals surface area (Å²) in [6, 6.07) is 18.4. The Hall–Kier alpha value is -2.18. The van der Waals surface area contributed by atoms with Crippen LogP contribution in [0.2, 0.25) is 0 Å². The van der Waals surface area contributed by atoms with E-state index < -0.39 is 16.1 Å². The minimum absolute atomic E-state index is 0.0210. The molecule has 1 atom stereocenters. The number of benzene rings is 2. The summed E-state index contributed by atoms with van der Waals surface area (Å²) in [4.78, 5) is 15.5. The van der Waals surface area contributed by atoms with Crippen LogP contribution in [0.5, 0.6) is 0 Å². The molecule has 160 valence electrons. The fraction of sp³-hybridized carbons (Fsp3) is 0.458. The topological polar surface area (TPSA) is 57.7 Å². The fourth-order valence-corrected chi connectivity index (χ4v) is 6.35. The van der Waals surface area contributed by atoms with E-state index in [0.717, 1.165) is 32.1 Å². The Labute approximate surface area is 179 Å². The van der Waals surface area contributed by atoms with E-state index >= 15 is 0 Å². The third kappa shape index (κ3) is 4.60. The van der Waals surface area contributed by atoms with Gasteiger partial charge in [0.1, 0.15) is 6.04 Å². The van der Waals surface area contributed by atoms with E-state index in [9.17, 15) is 13.2 Å². The summed E-state index contributed by atoms with van der Waals surface area (Å²) in [5.41, 5.74) is 1.34. The lowest BCUT2D eigenvalue weighted by Crippen LogP contribution is -2.54. The number of carbonyl (C=O) groups excluding carboxylic acids is 1. The number of hydrogen-bond donors (Lipinski definition) is 0. The van der Waals surface area contributed by atoms with Crippen molar-refractivity contribution in [1.82, 2.24) is 9.21 Å². The maximum atomic E-state index is 13.3. The van der Waals surface area contributed by atoms with Crippen LogP contribution in [-0.4, -0.2) is 49.2 Å². The Kier molecular flexibility index (Phi) is 6.54. The molecule has 0 N–H and O–H groups in total. The maximum absolute atomic E-state index is 13.3. The molecule has 2 heterocycles. The van der Waals surface area contributed by atoms with E-state index in [0.29, 0.717) is 32.0 Å². The van der Waals surface area contributed by atoms with Gasteiger partial charge in [0.15, 0.2) is 0 Å². The number of likely N-dealkylation sites (tertiary alicyclic amines) is 1. The predicted molar refractivity (Wildman–Crippen MR) is 117 cm³/mol. The number of hydrogen-bond acceptors (Lipinski definition) is 3. The van der Waals surface area contributed by atoms with Gasteiger partial charge in [-0.3, -0.25) is 4.79 Å². The average molecular weight is 427 g/mol. The minimum atomic E-state index is -3.66. The third-order valence-electron chi connectivity index (χ3n) is 6.38. The van der Waals surface area contributed by atoms with Gasteiger partial charge in [0, 0.05) is 19.6 Å². The zero-order valence-electron chi connectivity index (χ0n) is 17.3. The summed E-state index contributed by atoms with van der Waals surface area (Å²) < 4.78 is 27.8. The van der Waals surface area contributed by atoms with Crippen molar-refractivity contribution in [3.05, 3.63) is 66.2 Å². The zero-order valence-corrected chi connectivity index (χ0v) is 18.1. The molecule has 0 saturated carbocycles. The Morgan fingerprint density at radius 2 is 1.47 bits per heavy atom. The first-order valence-corrected chi connectivity index (χ1v) is 12.4. The molecule has 2 aliphatic rings. The number of sulfonamides is 1. The number of nitrogens with zero attached hydrogens (tertiary/aromatic N) is 2. The summed E-state index contributed by atoms with van der Waals surface area (Å²) in [6.45, 7) is 1.84. The van der Waals surface area contributed by atoms with E-state index in [4.69, 9.17) is 0 Å². The number of rotatable bonds is 5. The van der Waals surface area contributed by atoms with Gasteiger partial charge in [-0.15, -0.1) is 0 Å². The quantitative estimate of drug-likeness (QED) is 0.732. The second kappa shape index (κ2) is 9.31. The monoisotopic (exact) mass is 426 g/mol. The molecule has 0 spiro atoms. The van der Waals surface area contributed by atoms with E-state index in [-0.39, 0.29) is 10.8 Å². The highest BCUT2D eigenvalue weighted by molar-refractivity contribution is 7.89. The molecule has 2 saturated heterocycles. The molecule has 0 bridgehead atoms. The van der Waals surface area contributed by atoms with E-state index in [2.05, 4.69) is 24.3 Å². The van der Waals surface area contributed by atoms with Crippen LogP contribution in [0.1, 0.15) is 37.7 Å². The van der Waals surface area contributed by atoms with Gasteiger partial charge in [-0.2, -0.15) is 4.31 Å². The Bertz CT molecular complexity index is 939. The van der Waals surface area contributed by atoms with Crippen molar-refractivity contribution in [3.8, 4) is 0 Å². The molecule has 0 aromatic heterocycles. The fourth-order valence-electron chi connectivity index (χ4n) is 4.68. The Balaban J connectivity index is 1.42. The van der Waals surface area contributed by atoms with Crippen LogP contribution >= 0.6 is 0 Å². The van der Waals surface area contributed by atoms with Gasteiger partial charge in [0.05, 0.1) is 4.90 Å². The highest BCUT2D eigenvalue weighted by Crippen LogP contribution is 2.28. The Morgan fingerprint density at radius 1 is 0.833 bits per heavy atom. The van der Waals surface area contributed by atoms with Crippen LogP contribution in [0.3, 0.4) is 0 Å². The van der Waals surface area contributed by atoms with Crippen LogP contribution in [0.15, 0.2) is 65.6 Å². The molecule has 0 aliphatic carbocycles. The molecule has 2 aromatic rings. The Morgan fingerprint density at radius 3 is 2.13 bits per heavy atom. The molecule has 2 aliphatic heterocycles. The highest BCUT2D eigenvalue weighted by Gasteiger charge is 2.40. The largest absolute Gasteiger partial charge is 0.341 e. The van der Waals surface area contributed by atoms with Crippen LogP contribution in [0.4, 0.5) is 0 Å². The molecular formula is C24H30N2O3S. The predicted octanol–water partition coefficient (Wildman–Crippen LogP) is 3.71. The number of piperidine rings is 2. The molecule has 30 heavy (non-hydrogen) atoms. The first-order chi connectivity index (χ1) is 14.6. The van der Waals surface area contributed by atoms with Crippen molar-refractivity contribution >= 4 is 15.9 Å². The molecule has 5 nitrogen and oxygen atoms in total. The lowest BCUT2D eigenvalue weighted by Gasteiger charge is -2.39. The molecular weight excluding hydrogens is 396 g/mol. The van der Waals surface area contributed by atoms with E-state index in [1.165, 1.54) is 9.87 Å². The maximum Gasteiger partial charge on any atom is 0.243 e. The molecule has 0 radical (unpaired) electrons. The first-order valence-electron chi connectivity index (χ1n) is 11.0. The number of amides is 1. The van der Waals surface area contributed by atoms with Crippen molar-refractivity contribution in [3.63, 3.8) is 0 Å². The van der Waals surface area contributed by atoms with Crippen molar-refractivity contribution in [2.24, 2.45) is 5.92 Å². The standard InChI is InChI=1S/C24H30N2O3S/c27-24(25-17-14-21(15-18-25)19-20-9-3-1-4-10-20)23-13-7-8-16-26(23)30(28,29)22-11-5-2-6-12-22/h1-6,9-12,21,23H,7-8,13-19H2. The lowest BCUT2D eigenvalue weighted by atomic mass is 9.89. The van der Waals surface area contributed by atoms with Gasteiger partial charge in [-0.05, 0) is 55.7 Å². The zero-order chi connectivity index (χ0) is 21.0. The summed E-state index contributed by atoms with van der Waals surface area (Å²) in [6.07, 6.45) is 5.28. The van der Waals surface area contributed by atoms with Gasteiger partial charge in [0.25, 0.3) is 0 Å².